The van der Waals surface area contributed by atoms with Crippen LogP contribution in [0.4, 0.5) is 0 Å². The number of likely N-dealkylation sites (tertiary alicyclic amines) is 1. The van der Waals surface area contributed by atoms with Crippen LogP contribution in [0, 0.1) is 0 Å². The number of aliphatic hydroxyl groups is 1. The molecule has 21 heavy (non-hydrogen) atoms. The molecule has 1 N–H and O–H groups in total. The molecule has 0 bridgehead atoms. The van der Waals surface area contributed by atoms with E-state index in [4.69, 9.17) is 4.74 Å². The van der Waals surface area contributed by atoms with E-state index in [1.165, 1.54) is 0 Å². The number of benzene rings is 1. The Morgan fingerprint density at radius 2 is 2.24 bits per heavy atom. The lowest BCUT2D eigenvalue weighted by Gasteiger charge is -2.27. The molecule has 5 nitrogen and oxygen atoms in total. The number of amides is 1. The smallest absolute Gasteiger partial charge is 0.254 e. The summed E-state index contributed by atoms with van der Waals surface area (Å²) in [5.41, 5.74) is 0.598. The molecule has 1 aromatic rings. The molecule has 1 amide bonds. The summed E-state index contributed by atoms with van der Waals surface area (Å²) >= 11 is 3.40. The first-order valence-electron chi connectivity index (χ1n) is 6.89. The highest BCUT2D eigenvalue weighted by atomic mass is 79.9. The van der Waals surface area contributed by atoms with Crippen LogP contribution in [-0.2, 0) is 0 Å². The van der Waals surface area contributed by atoms with Gasteiger partial charge in [0.1, 0.15) is 5.75 Å². The van der Waals surface area contributed by atoms with Crippen molar-refractivity contribution >= 4 is 21.8 Å². The summed E-state index contributed by atoms with van der Waals surface area (Å²) in [5, 5.41) is 9.87. The molecule has 1 aromatic carbocycles. The van der Waals surface area contributed by atoms with Gasteiger partial charge in [-0.1, -0.05) is 0 Å². The molecule has 1 aliphatic heterocycles. The summed E-state index contributed by atoms with van der Waals surface area (Å²) in [5.74, 6) is 0.639. The molecule has 0 radical (unpaired) electrons. The first kappa shape index (κ1) is 16.3. The van der Waals surface area contributed by atoms with Crippen LogP contribution in [0.25, 0.3) is 0 Å². The molecule has 2 atom stereocenters. The number of aliphatic hydroxyl groups excluding tert-OH is 1. The third-order valence-electron chi connectivity index (χ3n) is 3.63. The van der Waals surface area contributed by atoms with Gasteiger partial charge in [-0.3, -0.25) is 4.79 Å². The minimum Gasteiger partial charge on any atom is -0.496 e. The van der Waals surface area contributed by atoms with Crippen LogP contribution < -0.4 is 4.74 Å². The Morgan fingerprint density at radius 3 is 2.81 bits per heavy atom. The van der Waals surface area contributed by atoms with Gasteiger partial charge < -0.3 is 19.6 Å². The normalized spacial score (nSPS) is 21.9. The number of methoxy groups -OCH3 is 1. The molecule has 116 valence electrons. The quantitative estimate of drug-likeness (QED) is 0.890. The third kappa shape index (κ3) is 3.75. The monoisotopic (exact) mass is 356 g/mol. The second-order valence-electron chi connectivity index (χ2n) is 5.61. The lowest BCUT2D eigenvalue weighted by molar-refractivity contribution is 0.0699. The van der Waals surface area contributed by atoms with Crippen LogP contribution in [-0.4, -0.2) is 67.3 Å². The van der Waals surface area contributed by atoms with Crippen molar-refractivity contribution in [1.29, 1.82) is 0 Å². The lowest BCUT2D eigenvalue weighted by atomic mass is 10.1. The maximum absolute atomic E-state index is 12.7. The van der Waals surface area contributed by atoms with Crippen LogP contribution in [0.1, 0.15) is 16.8 Å². The van der Waals surface area contributed by atoms with Gasteiger partial charge in [0.05, 0.1) is 17.7 Å². The van der Waals surface area contributed by atoms with E-state index in [9.17, 15) is 9.90 Å². The van der Waals surface area contributed by atoms with Gasteiger partial charge in [-0.2, -0.15) is 0 Å². The Labute approximate surface area is 133 Å². The molecule has 0 spiro atoms. The predicted octanol–water partition coefficient (Wildman–Crippen LogP) is 1.59. The molecule has 2 unspecified atom stereocenters. The Hall–Kier alpha value is -1.11. The number of nitrogens with zero attached hydrogens (tertiary/aromatic N) is 2. The summed E-state index contributed by atoms with van der Waals surface area (Å²) in [6.07, 6.45) is 0.182. The van der Waals surface area contributed by atoms with Crippen LogP contribution >= 0.6 is 15.9 Å². The average molecular weight is 357 g/mol. The number of rotatable bonds is 4. The van der Waals surface area contributed by atoms with Crippen LogP contribution in [0.15, 0.2) is 22.7 Å². The van der Waals surface area contributed by atoms with E-state index in [0.29, 0.717) is 24.3 Å². The lowest BCUT2D eigenvalue weighted by Crippen LogP contribution is -2.41. The molecule has 1 aliphatic rings. The summed E-state index contributed by atoms with van der Waals surface area (Å²) in [4.78, 5) is 16.5. The number of likely N-dealkylation sites (N-methyl/N-ethyl adjacent to an activating group) is 1. The van der Waals surface area contributed by atoms with Gasteiger partial charge in [0, 0.05) is 24.7 Å². The fraction of sp³-hybridized carbons (Fsp3) is 0.533. The average Bonchev–Trinajstić information content (AvgIpc) is 2.77. The van der Waals surface area contributed by atoms with Crippen LogP contribution in [0.3, 0.4) is 0 Å². The Morgan fingerprint density at radius 1 is 1.52 bits per heavy atom. The Bertz CT molecular complexity index is 522. The highest BCUT2D eigenvalue weighted by molar-refractivity contribution is 9.10. The first-order valence-corrected chi connectivity index (χ1v) is 7.69. The molecule has 0 aromatic heterocycles. The number of carbonyl (C=O) groups excluding carboxylic acids is 1. The maximum atomic E-state index is 12.7. The molecular formula is C15H21BrN2O3. The number of ether oxygens (including phenoxy) is 1. The second-order valence-corrected chi connectivity index (χ2v) is 6.47. The molecule has 0 saturated carbocycles. The number of halogens is 1. The SMILES string of the molecule is COc1ccc(C(=O)N2CC(O)CC2CN(C)C)cc1Br. The zero-order valence-electron chi connectivity index (χ0n) is 12.5. The van der Waals surface area contributed by atoms with Gasteiger partial charge in [0.15, 0.2) is 0 Å². The standard InChI is InChI=1S/C15H21BrN2O3/c1-17(2)8-11-7-12(19)9-18(11)15(20)10-4-5-14(21-3)13(16)6-10/h4-6,11-12,19H,7-9H2,1-3H3. The van der Waals surface area contributed by atoms with Crippen molar-refractivity contribution in [2.45, 2.75) is 18.6 Å². The molecule has 1 heterocycles. The van der Waals surface area contributed by atoms with Crippen molar-refractivity contribution in [3.8, 4) is 5.75 Å². The third-order valence-corrected chi connectivity index (χ3v) is 4.25. The Kier molecular flexibility index (Phi) is 5.24. The van der Waals surface area contributed by atoms with Gasteiger partial charge in [0.2, 0.25) is 0 Å². The summed E-state index contributed by atoms with van der Waals surface area (Å²) in [6, 6.07) is 5.33. The fourth-order valence-corrected chi connectivity index (χ4v) is 3.24. The highest BCUT2D eigenvalue weighted by Gasteiger charge is 2.35. The fourth-order valence-electron chi connectivity index (χ4n) is 2.70. The van der Waals surface area contributed by atoms with Gasteiger partial charge >= 0.3 is 0 Å². The van der Waals surface area contributed by atoms with E-state index < -0.39 is 6.10 Å². The van der Waals surface area contributed by atoms with Gasteiger partial charge in [0.25, 0.3) is 5.91 Å². The molecule has 2 rings (SSSR count). The second kappa shape index (κ2) is 6.77. The number of β-amino-alcohol motifs (C(OH)–C–C–N with tert-alkyl or cyclic N) is 1. The van der Waals surface area contributed by atoms with Crippen molar-refractivity contribution in [3.05, 3.63) is 28.2 Å². The number of hydrogen-bond acceptors (Lipinski definition) is 4. The minimum atomic E-state index is -0.444. The van der Waals surface area contributed by atoms with Crippen molar-refractivity contribution in [2.75, 3.05) is 34.3 Å². The van der Waals surface area contributed by atoms with Gasteiger partial charge in [-0.25, -0.2) is 0 Å². The summed E-state index contributed by atoms with van der Waals surface area (Å²) < 4.78 is 5.93. The van der Waals surface area contributed by atoms with Crippen LogP contribution in [0.5, 0.6) is 5.75 Å². The zero-order chi connectivity index (χ0) is 15.6. The molecule has 1 fully saturated rings. The first-order chi connectivity index (χ1) is 9.92. The van der Waals surface area contributed by atoms with E-state index in [1.807, 2.05) is 19.0 Å². The highest BCUT2D eigenvalue weighted by Crippen LogP contribution is 2.28. The predicted molar refractivity (Wildman–Crippen MR) is 84.7 cm³/mol. The maximum Gasteiger partial charge on any atom is 0.254 e. The van der Waals surface area contributed by atoms with Crippen molar-refractivity contribution in [2.24, 2.45) is 0 Å². The van der Waals surface area contributed by atoms with E-state index in [2.05, 4.69) is 15.9 Å². The molecule has 6 heteroatoms. The molecule has 1 saturated heterocycles. The molecule has 0 aliphatic carbocycles. The zero-order valence-corrected chi connectivity index (χ0v) is 14.1. The largest absolute Gasteiger partial charge is 0.496 e. The van der Waals surface area contributed by atoms with E-state index in [0.717, 1.165) is 11.0 Å². The van der Waals surface area contributed by atoms with E-state index >= 15 is 0 Å². The van der Waals surface area contributed by atoms with Crippen molar-refractivity contribution < 1.29 is 14.6 Å². The summed E-state index contributed by atoms with van der Waals surface area (Å²) in [6.45, 7) is 1.14. The van der Waals surface area contributed by atoms with E-state index in [1.54, 1.807) is 30.2 Å². The van der Waals surface area contributed by atoms with Crippen molar-refractivity contribution in [3.63, 3.8) is 0 Å². The van der Waals surface area contributed by atoms with Gasteiger partial charge in [-0.05, 0) is 54.6 Å². The minimum absolute atomic E-state index is 0.0448. The topological polar surface area (TPSA) is 53.0 Å². The van der Waals surface area contributed by atoms with E-state index in [-0.39, 0.29) is 11.9 Å². The summed E-state index contributed by atoms with van der Waals surface area (Å²) in [7, 11) is 5.53. The molecular weight excluding hydrogens is 336 g/mol. The van der Waals surface area contributed by atoms with Crippen LogP contribution in [0.2, 0.25) is 0 Å². The van der Waals surface area contributed by atoms with Gasteiger partial charge in [-0.15, -0.1) is 0 Å². The number of hydrogen-bond donors (Lipinski definition) is 1. The Balaban J connectivity index is 2.19. The number of carbonyl (C=O) groups is 1. The van der Waals surface area contributed by atoms with Crippen molar-refractivity contribution in [1.82, 2.24) is 9.80 Å².